The summed E-state index contributed by atoms with van der Waals surface area (Å²) >= 11 is 0. The van der Waals surface area contributed by atoms with Gasteiger partial charge >= 0.3 is 0 Å². The molecule has 0 heterocycles. The highest BCUT2D eigenvalue weighted by molar-refractivity contribution is 5.91. The van der Waals surface area contributed by atoms with E-state index in [0.717, 1.165) is 25.7 Å². The second-order valence-corrected chi connectivity index (χ2v) is 8.54. The van der Waals surface area contributed by atoms with Gasteiger partial charge in [-0.05, 0) is 61.3 Å². The Kier molecular flexibility index (Phi) is 3.01. The van der Waals surface area contributed by atoms with E-state index in [0.29, 0.717) is 36.9 Å². The Morgan fingerprint density at radius 1 is 1.09 bits per heavy atom. The van der Waals surface area contributed by atoms with Crippen LogP contribution in [-0.2, 0) is 9.59 Å². The highest BCUT2D eigenvalue weighted by Crippen LogP contribution is 2.64. The monoisotopic (exact) mass is 302 g/mol. The molecule has 0 saturated heterocycles. The van der Waals surface area contributed by atoms with Crippen molar-refractivity contribution in [1.82, 2.24) is 0 Å². The molecule has 3 nitrogen and oxygen atoms in total. The smallest absolute Gasteiger partial charge is 0.155 e. The summed E-state index contributed by atoms with van der Waals surface area (Å²) in [4.78, 5) is 24.2. The van der Waals surface area contributed by atoms with Crippen molar-refractivity contribution < 1.29 is 14.7 Å². The van der Waals surface area contributed by atoms with Gasteiger partial charge in [0.25, 0.3) is 0 Å². The summed E-state index contributed by atoms with van der Waals surface area (Å²) in [6.07, 6.45) is 7.24. The first-order valence-electron chi connectivity index (χ1n) is 8.81. The molecule has 6 atom stereocenters. The lowest BCUT2D eigenvalue weighted by Crippen LogP contribution is -2.56. The first-order valence-corrected chi connectivity index (χ1v) is 8.81. The number of aliphatic hydroxyl groups excluding tert-OH is 1. The molecule has 0 aliphatic heterocycles. The molecular formula is C19H26O3. The van der Waals surface area contributed by atoms with Crippen LogP contribution >= 0.6 is 0 Å². The first-order chi connectivity index (χ1) is 10.4. The van der Waals surface area contributed by atoms with Gasteiger partial charge in [0.2, 0.25) is 0 Å². The van der Waals surface area contributed by atoms with Crippen molar-refractivity contribution in [3.8, 4) is 0 Å². The summed E-state index contributed by atoms with van der Waals surface area (Å²) in [7, 11) is 0. The van der Waals surface area contributed by atoms with Crippen LogP contribution in [-0.4, -0.2) is 22.8 Å². The topological polar surface area (TPSA) is 54.4 Å². The average Bonchev–Trinajstić information content (AvgIpc) is 2.75. The minimum Gasteiger partial charge on any atom is -0.393 e. The number of hydrogen-bond acceptors (Lipinski definition) is 3. The summed E-state index contributed by atoms with van der Waals surface area (Å²) in [5, 5.41) is 10.9. The van der Waals surface area contributed by atoms with E-state index < -0.39 is 6.10 Å². The molecule has 0 amide bonds. The van der Waals surface area contributed by atoms with Gasteiger partial charge in [0.1, 0.15) is 5.78 Å². The lowest BCUT2D eigenvalue weighted by molar-refractivity contribution is -0.147. The minimum atomic E-state index is -0.407. The summed E-state index contributed by atoms with van der Waals surface area (Å²) in [5.41, 5.74) is 0.920. The number of Topliss-reactive ketones (excluding diaryl/α,β-unsaturated/α-hetero) is 1. The minimum absolute atomic E-state index is 0.0385. The van der Waals surface area contributed by atoms with Crippen LogP contribution in [0.25, 0.3) is 0 Å². The number of carbonyl (C=O) groups excluding carboxylic acids is 2. The van der Waals surface area contributed by atoms with Gasteiger partial charge in [-0.1, -0.05) is 19.4 Å². The molecule has 22 heavy (non-hydrogen) atoms. The van der Waals surface area contributed by atoms with Crippen LogP contribution in [0.4, 0.5) is 0 Å². The first kappa shape index (κ1) is 14.6. The standard InChI is InChI=1S/C19H26O3/c1-18-8-7-12(20)9-11(18)3-4-13-14-5-6-16(22)19(14,2)10-15(21)17(13)18/h9,13-15,17,21H,3-8,10H2,1-2H3/t13-,14-,15?,17+,18-,19-/m0/s1. The SMILES string of the molecule is C[C@]12CCC(=O)C=C1CC[C@@H]1[C@@H]2C(O)C[C@]2(C)C(=O)CC[C@@H]12. The van der Waals surface area contributed by atoms with Gasteiger partial charge in [0.05, 0.1) is 6.10 Å². The van der Waals surface area contributed by atoms with Crippen LogP contribution in [0.2, 0.25) is 0 Å². The Bertz CT molecular complexity index is 577. The van der Waals surface area contributed by atoms with Gasteiger partial charge in [-0.3, -0.25) is 9.59 Å². The summed E-state index contributed by atoms with van der Waals surface area (Å²) in [6, 6.07) is 0. The number of allylic oxidation sites excluding steroid dienone is 1. The zero-order valence-corrected chi connectivity index (χ0v) is 13.6. The summed E-state index contributed by atoms with van der Waals surface area (Å²) in [5.74, 6) is 1.71. The van der Waals surface area contributed by atoms with E-state index in [-0.39, 0.29) is 22.5 Å². The van der Waals surface area contributed by atoms with E-state index in [2.05, 4.69) is 13.8 Å². The Morgan fingerprint density at radius 2 is 1.86 bits per heavy atom. The molecule has 0 aromatic carbocycles. The third-order valence-corrected chi connectivity index (χ3v) is 7.61. The fourth-order valence-electron chi connectivity index (χ4n) is 6.46. The second kappa shape index (κ2) is 4.53. The largest absolute Gasteiger partial charge is 0.393 e. The number of aliphatic hydroxyl groups is 1. The molecule has 120 valence electrons. The number of carbonyl (C=O) groups is 2. The van der Waals surface area contributed by atoms with E-state index in [1.807, 2.05) is 6.08 Å². The molecule has 3 heteroatoms. The van der Waals surface area contributed by atoms with E-state index in [1.165, 1.54) is 5.57 Å². The molecule has 1 unspecified atom stereocenters. The Labute approximate surface area is 132 Å². The van der Waals surface area contributed by atoms with Crippen molar-refractivity contribution in [2.75, 3.05) is 0 Å². The molecular weight excluding hydrogens is 276 g/mol. The number of rotatable bonds is 0. The normalized spacial score (nSPS) is 51.0. The van der Waals surface area contributed by atoms with Gasteiger partial charge in [0, 0.05) is 18.3 Å². The Hall–Kier alpha value is -0.960. The lowest BCUT2D eigenvalue weighted by Gasteiger charge is -2.58. The quantitative estimate of drug-likeness (QED) is 0.748. The maximum atomic E-state index is 12.4. The molecule has 4 aliphatic carbocycles. The molecule has 3 saturated carbocycles. The zero-order valence-electron chi connectivity index (χ0n) is 13.6. The molecule has 0 spiro atoms. The molecule has 0 bridgehead atoms. The number of hydrogen-bond donors (Lipinski definition) is 1. The molecule has 4 aliphatic rings. The van der Waals surface area contributed by atoms with Crippen molar-refractivity contribution in [2.45, 2.75) is 64.9 Å². The van der Waals surface area contributed by atoms with Crippen molar-refractivity contribution in [1.29, 1.82) is 0 Å². The molecule has 0 aromatic heterocycles. The molecule has 3 fully saturated rings. The molecule has 4 rings (SSSR count). The zero-order chi connectivity index (χ0) is 15.7. The van der Waals surface area contributed by atoms with Crippen LogP contribution in [0.1, 0.15) is 58.8 Å². The van der Waals surface area contributed by atoms with Crippen LogP contribution < -0.4 is 0 Å². The van der Waals surface area contributed by atoms with Gasteiger partial charge in [-0.15, -0.1) is 0 Å². The second-order valence-electron chi connectivity index (χ2n) is 8.54. The third kappa shape index (κ3) is 1.72. The third-order valence-electron chi connectivity index (χ3n) is 7.61. The number of fused-ring (bicyclic) bond motifs is 5. The van der Waals surface area contributed by atoms with E-state index in [9.17, 15) is 14.7 Å². The molecule has 0 aromatic rings. The Morgan fingerprint density at radius 3 is 2.64 bits per heavy atom. The summed E-state index contributed by atoms with van der Waals surface area (Å²) < 4.78 is 0. The van der Waals surface area contributed by atoms with Gasteiger partial charge in [-0.2, -0.15) is 0 Å². The maximum Gasteiger partial charge on any atom is 0.155 e. The van der Waals surface area contributed by atoms with E-state index >= 15 is 0 Å². The van der Waals surface area contributed by atoms with Crippen molar-refractivity contribution in [2.24, 2.45) is 28.6 Å². The average molecular weight is 302 g/mol. The maximum absolute atomic E-state index is 12.4. The number of ketones is 2. The van der Waals surface area contributed by atoms with E-state index in [4.69, 9.17) is 0 Å². The Balaban J connectivity index is 1.75. The van der Waals surface area contributed by atoms with Crippen LogP contribution in [0.15, 0.2) is 11.6 Å². The highest BCUT2D eigenvalue weighted by atomic mass is 16.3. The summed E-state index contributed by atoms with van der Waals surface area (Å²) in [6.45, 7) is 4.34. The predicted octanol–water partition coefficient (Wildman–Crippen LogP) is 3.06. The van der Waals surface area contributed by atoms with Crippen molar-refractivity contribution in [3.05, 3.63) is 11.6 Å². The van der Waals surface area contributed by atoms with Crippen LogP contribution in [0.3, 0.4) is 0 Å². The molecule has 1 N–H and O–H groups in total. The van der Waals surface area contributed by atoms with Crippen LogP contribution in [0.5, 0.6) is 0 Å². The highest BCUT2D eigenvalue weighted by Gasteiger charge is 2.61. The fraction of sp³-hybridized carbons (Fsp3) is 0.789. The van der Waals surface area contributed by atoms with Gasteiger partial charge < -0.3 is 5.11 Å². The van der Waals surface area contributed by atoms with Gasteiger partial charge in [-0.25, -0.2) is 0 Å². The fourth-order valence-corrected chi connectivity index (χ4v) is 6.46. The predicted molar refractivity (Wildman–Crippen MR) is 83.1 cm³/mol. The van der Waals surface area contributed by atoms with E-state index in [1.54, 1.807) is 0 Å². The van der Waals surface area contributed by atoms with Crippen LogP contribution in [0, 0.1) is 28.6 Å². The van der Waals surface area contributed by atoms with Crippen molar-refractivity contribution in [3.63, 3.8) is 0 Å². The van der Waals surface area contributed by atoms with Crippen molar-refractivity contribution >= 4 is 11.6 Å². The lowest BCUT2D eigenvalue weighted by atomic mass is 9.46. The van der Waals surface area contributed by atoms with Gasteiger partial charge in [0.15, 0.2) is 5.78 Å². The molecule has 0 radical (unpaired) electrons.